The van der Waals surface area contributed by atoms with E-state index in [2.05, 4.69) is 15.5 Å². The molecule has 7 nitrogen and oxygen atoms in total. The third-order valence-corrected chi connectivity index (χ3v) is 5.78. The predicted molar refractivity (Wildman–Crippen MR) is 120 cm³/mol. The molecule has 164 valence electrons. The minimum Gasteiger partial charge on any atom is -0.497 e. The number of methoxy groups -OCH3 is 1. The molecule has 1 atom stereocenters. The average molecular weight is 453 g/mol. The lowest BCUT2D eigenvalue weighted by Gasteiger charge is -2.13. The van der Waals surface area contributed by atoms with E-state index in [1.807, 2.05) is 41.0 Å². The molecule has 4 aromatic rings. The molecule has 0 radical (unpaired) electrons. The van der Waals surface area contributed by atoms with Crippen molar-refractivity contribution >= 4 is 23.4 Å². The third-order valence-electron chi connectivity index (χ3n) is 4.70. The number of nitrogens with zero attached hydrogens (tertiary/aromatic N) is 3. The smallest absolute Gasteiger partial charge is 0.237 e. The number of ether oxygens (including phenoxy) is 1. The van der Waals surface area contributed by atoms with E-state index in [0.717, 1.165) is 11.3 Å². The summed E-state index contributed by atoms with van der Waals surface area (Å²) >= 11 is 1.28. The molecule has 1 N–H and O–H groups in total. The minimum absolute atomic E-state index is 0.225. The molecular weight excluding hydrogens is 431 g/mol. The van der Waals surface area contributed by atoms with E-state index in [9.17, 15) is 9.18 Å². The van der Waals surface area contributed by atoms with Gasteiger partial charge in [-0.1, -0.05) is 23.9 Å². The summed E-state index contributed by atoms with van der Waals surface area (Å²) in [6, 6.07) is 16.9. The monoisotopic (exact) mass is 452 g/mol. The molecule has 1 amide bonds. The molecule has 0 saturated heterocycles. The van der Waals surface area contributed by atoms with E-state index in [1.54, 1.807) is 20.3 Å². The number of hydrogen-bond donors (Lipinski definition) is 1. The summed E-state index contributed by atoms with van der Waals surface area (Å²) in [6.45, 7) is 2.18. The number of thioether (sulfide) groups is 1. The number of carbonyl (C=O) groups excluding carboxylic acids is 1. The topological polar surface area (TPSA) is 82.2 Å². The first kappa shape index (κ1) is 21.6. The Bertz CT molecular complexity index is 1190. The Morgan fingerprint density at radius 2 is 2.00 bits per heavy atom. The fourth-order valence-corrected chi connectivity index (χ4v) is 3.89. The first-order chi connectivity index (χ1) is 15.5. The van der Waals surface area contributed by atoms with Crippen molar-refractivity contribution in [2.24, 2.45) is 0 Å². The molecular formula is C23H21FN4O3S. The van der Waals surface area contributed by atoms with Crippen molar-refractivity contribution in [1.82, 2.24) is 14.8 Å². The van der Waals surface area contributed by atoms with Gasteiger partial charge in [0.05, 0.1) is 25.2 Å². The zero-order valence-corrected chi connectivity index (χ0v) is 18.3. The van der Waals surface area contributed by atoms with E-state index in [1.165, 1.54) is 36.0 Å². The van der Waals surface area contributed by atoms with Crippen molar-refractivity contribution in [3.63, 3.8) is 0 Å². The molecule has 0 unspecified atom stereocenters. The van der Waals surface area contributed by atoms with Gasteiger partial charge in [0.25, 0.3) is 0 Å². The van der Waals surface area contributed by atoms with Crippen LogP contribution < -0.4 is 10.1 Å². The molecule has 4 rings (SSSR count). The van der Waals surface area contributed by atoms with Crippen LogP contribution in [0.5, 0.6) is 5.75 Å². The molecule has 0 bridgehead atoms. The highest BCUT2D eigenvalue weighted by molar-refractivity contribution is 8.00. The van der Waals surface area contributed by atoms with Crippen LogP contribution in [0.1, 0.15) is 12.7 Å². The fourth-order valence-electron chi connectivity index (χ4n) is 3.04. The number of halogens is 1. The predicted octanol–water partition coefficient (Wildman–Crippen LogP) is 4.85. The van der Waals surface area contributed by atoms with Gasteiger partial charge in [0.15, 0.2) is 11.0 Å². The summed E-state index contributed by atoms with van der Waals surface area (Å²) in [4.78, 5) is 12.7. The van der Waals surface area contributed by atoms with Crippen molar-refractivity contribution < 1.29 is 18.3 Å². The highest BCUT2D eigenvalue weighted by Crippen LogP contribution is 2.30. The SMILES string of the molecule is COc1cccc(-c2nnc(S[C@@H](C)C(=O)Nc3ccc(F)cc3)n2Cc2ccco2)c1. The second-order valence-electron chi connectivity index (χ2n) is 6.96. The average Bonchev–Trinajstić information content (AvgIpc) is 3.46. The third kappa shape index (κ3) is 5.00. The van der Waals surface area contributed by atoms with Gasteiger partial charge in [0.1, 0.15) is 17.3 Å². The molecule has 2 aromatic heterocycles. The van der Waals surface area contributed by atoms with Crippen LogP contribution in [0.15, 0.2) is 76.5 Å². The Kier molecular flexibility index (Phi) is 6.55. The maximum Gasteiger partial charge on any atom is 0.237 e. The second-order valence-corrected chi connectivity index (χ2v) is 8.27. The Labute approximate surface area is 188 Å². The molecule has 0 saturated carbocycles. The molecule has 32 heavy (non-hydrogen) atoms. The fraction of sp³-hybridized carbons (Fsp3) is 0.174. The van der Waals surface area contributed by atoms with Crippen molar-refractivity contribution in [1.29, 1.82) is 0 Å². The van der Waals surface area contributed by atoms with Crippen molar-refractivity contribution in [2.75, 3.05) is 12.4 Å². The second kappa shape index (κ2) is 9.69. The summed E-state index contributed by atoms with van der Waals surface area (Å²) < 4.78 is 25.9. The van der Waals surface area contributed by atoms with Crippen LogP contribution in [0, 0.1) is 5.82 Å². The van der Waals surface area contributed by atoms with Gasteiger partial charge in [-0.2, -0.15) is 0 Å². The minimum atomic E-state index is -0.474. The first-order valence-corrected chi connectivity index (χ1v) is 10.7. The molecule has 0 aliphatic rings. The number of benzene rings is 2. The standard InChI is InChI=1S/C23H21FN4O3S/c1-15(22(29)25-18-10-8-17(24)9-11-18)32-23-27-26-21(16-5-3-6-19(13-16)30-2)28(23)14-20-7-4-12-31-20/h3-13,15H,14H2,1-2H3,(H,25,29)/t15-/m0/s1. The first-order valence-electron chi connectivity index (χ1n) is 9.86. The van der Waals surface area contributed by atoms with E-state index < -0.39 is 5.25 Å². The van der Waals surface area contributed by atoms with Gasteiger partial charge in [-0.3, -0.25) is 9.36 Å². The molecule has 0 aliphatic carbocycles. The highest BCUT2D eigenvalue weighted by Gasteiger charge is 2.22. The van der Waals surface area contributed by atoms with Crippen molar-refractivity contribution in [3.05, 3.63) is 78.5 Å². The number of anilines is 1. The number of rotatable bonds is 8. The van der Waals surface area contributed by atoms with E-state index in [4.69, 9.17) is 9.15 Å². The Balaban J connectivity index is 1.59. The normalized spacial score (nSPS) is 11.8. The largest absolute Gasteiger partial charge is 0.497 e. The number of nitrogens with one attached hydrogen (secondary N) is 1. The molecule has 9 heteroatoms. The summed E-state index contributed by atoms with van der Waals surface area (Å²) in [5.41, 5.74) is 1.36. The lowest BCUT2D eigenvalue weighted by Crippen LogP contribution is -2.23. The summed E-state index contributed by atoms with van der Waals surface area (Å²) in [5, 5.41) is 11.6. The van der Waals surface area contributed by atoms with E-state index >= 15 is 0 Å². The quantitative estimate of drug-likeness (QED) is 0.385. The van der Waals surface area contributed by atoms with Crippen molar-refractivity contribution in [2.45, 2.75) is 23.9 Å². The molecule has 0 fully saturated rings. The van der Waals surface area contributed by atoms with Gasteiger partial charge in [-0.05, 0) is 55.5 Å². The van der Waals surface area contributed by atoms with Gasteiger partial charge >= 0.3 is 0 Å². The van der Waals surface area contributed by atoms with Crippen LogP contribution in [0.25, 0.3) is 11.4 Å². The number of hydrogen-bond acceptors (Lipinski definition) is 6. The lowest BCUT2D eigenvalue weighted by atomic mass is 10.2. The lowest BCUT2D eigenvalue weighted by molar-refractivity contribution is -0.115. The van der Waals surface area contributed by atoms with Crippen LogP contribution in [0.2, 0.25) is 0 Å². The molecule has 2 aromatic carbocycles. The van der Waals surface area contributed by atoms with Crippen LogP contribution in [-0.2, 0) is 11.3 Å². The highest BCUT2D eigenvalue weighted by atomic mass is 32.2. The van der Waals surface area contributed by atoms with Gasteiger partial charge in [-0.25, -0.2) is 4.39 Å². The molecule has 0 spiro atoms. The molecule has 2 heterocycles. The van der Waals surface area contributed by atoms with Gasteiger partial charge in [0, 0.05) is 11.3 Å². The van der Waals surface area contributed by atoms with Gasteiger partial charge < -0.3 is 14.5 Å². The van der Waals surface area contributed by atoms with E-state index in [0.29, 0.717) is 29.0 Å². The Morgan fingerprint density at radius 3 is 2.72 bits per heavy atom. The van der Waals surface area contributed by atoms with Crippen LogP contribution in [-0.4, -0.2) is 33.0 Å². The summed E-state index contributed by atoms with van der Waals surface area (Å²) in [7, 11) is 1.61. The van der Waals surface area contributed by atoms with Gasteiger partial charge in [-0.15, -0.1) is 10.2 Å². The van der Waals surface area contributed by atoms with Crippen LogP contribution >= 0.6 is 11.8 Å². The maximum atomic E-state index is 13.1. The summed E-state index contributed by atoms with van der Waals surface area (Å²) in [6.07, 6.45) is 1.61. The van der Waals surface area contributed by atoms with Crippen LogP contribution in [0.4, 0.5) is 10.1 Å². The maximum absolute atomic E-state index is 13.1. The zero-order valence-electron chi connectivity index (χ0n) is 17.5. The Morgan fingerprint density at radius 1 is 1.19 bits per heavy atom. The van der Waals surface area contributed by atoms with Gasteiger partial charge in [0.2, 0.25) is 5.91 Å². The van der Waals surface area contributed by atoms with Crippen molar-refractivity contribution in [3.8, 4) is 17.1 Å². The number of aromatic nitrogens is 3. The zero-order chi connectivity index (χ0) is 22.5. The Hall–Kier alpha value is -3.59. The summed E-state index contributed by atoms with van der Waals surface area (Å²) in [5.74, 6) is 1.49. The number of amides is 1. The number of carbonyl (C=O) groups is 1. The van der Waals surface area contributed by atoms with E-state index in [-0.39, 0.29) is 11.7 Å². The number of furan rings is 1. The van der Waals surface area contributed by atoms with Crippen LogP contribution in [0.3, 0.4) is 0 Å². The molecule has 0 aliphatic heterocycles.